The van der Waals surface area contributed by atoms with Gasteiger partial charge in [0.15, 0.2) is 0 Å². The second-order valence-corrected chi connectivity index (χ2v) is 7.46. The van der Waals surface area contributed by atoms with Crippen molar-refractivity contribution in [2.45, 2.75) is 38.1 Å². The van der Waals surface area contributed by atoms with Crippen LogP contribution >= 0.6 is 0 Å². The van der Waals surface area contributed by atoms with Crippen LogP contribution in [0.4, 0.5) is 0 Å². The number of hydrogen-bond donors (Lipinski definition) is 2. The lowest BCUT2D eigenvalue weighted by molar-refractivity contribution is -0.142. The Morgan fingerprint density at radius 1 is 0.688 bits per heavy atom. The van der Waals surface area contributed by atoms with Gasteiger partial charge in [-0.05, 0) is 16.7 Å². The largest absolute Gasteiger partial charge is 0.369 e. The maximum absolute atomic E-state index is 9.48. The predicted molar refractivity (Wildman–Crippen MR) is 125 cm³/mol. The maximum atomic E-state index is 9.48. The third-order valence-corrected chi connectivity index (χ3v) is 5.09. The van der Waals surface area contributed by atoms with Crippen LogP contribution in [0.3, 0.4) is 0 Å². The Labute approximate surface area is 190 Å². The molecule has 0 saturated heterocycles. The lowest BCUT2D eigenvalue weighted by Gasteiger charge is -2.32. The Bertz CT molecular complexity index is 889. The van der Waals surface area contributed by atoms with E-state index in [9.17, 15) is 5.21 Å². The fraction of sp³-hybridized carbons (Fsp3) is 0.259. The lowest BCUT2D eigenvalue weighted by Crippen LogP contribution is -2.46. The van der Waals surface area contributed by atoms with Gasteiger partial charge in [0.25, 0.3) is 0 Å². The highest BCUT2D eigenvalue weighted by atomic mass is 16.6. The second-order valence-electron chi connectivity index (χ2n) is 7.46. The molecule has 0 amide bonds. The first-order valence-electron chi connectivity index (χ1n) is 10.8. The number of benzene rings is 3. The molecule has 0 aliphatic carbocycles. The van der Waals surface area contributed by atoms with Crippen molar-refractivity contribution in [2.24, 2.45) is 0 Å². The molecule has 168 valence electrons. The zero-order valence-electron chi connectivity index (χ0n) is 18.2. The summed E-state index contributed by atoms with van der Waals surface area (Å²) in [5.74, 6) is 0. The molecule has 0 spiro atoms. The molecule has 0 aliphatic heterocycles. The van der Waals surface area contributed by atoms with E-state index >= 15 is 0 Å². The van der Waals surface area contributed by atoms with E-state index in [1.807, 2.05) is 91.0 Å². The summed E-state index contributed by atoms with van der Waals surface area (Å²) in [6.45, 7) is 5.35. The molecular weight excluding hydrogens is 402 g/mol. The number of hydroxylamine groups is 1. The first-order chi connectivity index (χ1) is 15.8. The van der Waals surface area contributed by atoms with Crippen molar-refractivity contribution in [2.75, 3.05) is 6.54 Å². The highest BCUT2D eigenvalue weighted by molar-refractivity contribution is 5.15. The van der Waals surface area contributed by atoms with Crippen LogP contribution in [0.2, 0.25) is 0 Å². The summed E-state index contributed by atoms with van der Waals surface area (Å²) >= 11 is 0. The Morgan fingerprint density at radius 2 is 1.12 bits per heavy atom. The van der Waals surface area contributed by atoms with E-state index in [0.717, 1.165) is 16.7 Å². The van der Waals surface area contributed by atoms with Gasteiger partial charge in [0.1, 0.15) is 18.3 Å². The quantitative estimate of drug-likeness (QED) is 0.280. The zero-order valence-corrected chi connectivity index (χ0v) is 18.2. The Hall–Kier alpha value is -2.80. The molecule has 3 atom stereocenters. The van der Waals surface area contributed by atoms with Gasteiger partial charge in [0.2, 0.25) is 0 Å². The monoisotopic (exact) mass is 433 g/mol. The van der Waals surface area contributed by atoms with Crippen molar-refractivity contribution in [1.82, 2.24) is 5.48 Å². The second kappa shape index (κ2) is 13.6. The number of hydrogen-bond acceptors (Lipinski definition) is 5. The summed E-state index contributed by atoms with van der Waals surface area (Å²) < 4.78 is 18.7. The minimum Gasteiger partial charge on any atom is -0.369 e. The average molecular weight is 434 g/mol. The predicted octanol–water partition coefficient (Wildman–Crippen LogP) is 4.91. The molecular formula is C27H31NO4. The molecule has 3 rings (SSSR count). The van der Waals surface area contributed by atoms with Crippen LogP contribution in [0, 0.1) is 0 Å². The summed E-state index contributed by atoms with van der Waals surface area (Å²) in [6, 6.07) is 29.8. The van der Waals surface area contributed by atoms with E-state index in [-0.39, 0.29) is 6.54 Å². The van der Waals surface area contributed by atoms with Crippen LogP contribution in [0.1, 0.15) is 16.7 Å². The Kier molecular flexibility index (Phi) is 10.1. The Balaban J connectivity index is 1.74. The van der Waals surface area contributed by atoms with E-state index in [4.69, 9.17) is 14.2 Å². The van der Waals surface area contributed by atoms with Crippen molar-refractivity contribution in [3.8, 4) is 0 Å². The summed E-state index contributed by atoms with van der Waals surface area (Å²) in [6.07, 6.45) is 0.338. The molecule has 5 heteroatoms. The highest BCUT2D eigenvalue weighted by Crippen LogP contribution is 2.19. The molecule has 32 heavy (non-hydrogen) atoms. The minimum atomic E-state index is -0.486. The number of ether oxygens (including phenoxy) is 3. The van der Waals surface area contributed by atoms with Gasteiger partial charge in [-0.25, -0.2) is 5.48 Å². The van der Waals surface area contributed by atoms with Gasteiger partial charge in [-0.2, -0.15) is 0 Å². The van der Waals surface area contributed by atoms with E-state index < -0.39 is 18.3 Å². The molecule has 0 aliphatic rings. The van der Waals surface area contributed by atoms with E-state index in [0.29, 0.717) is 19.8 Å². The van der Waals surface area contributed by atoms with Crippen LogP contribution in [0.25, 0.3) is 0 Å². The Morgan fingerprint density at radius 3 is 1.56 bits per heavy atom. The standard InChI is InChI=1S/C27H31NO4/c1-2-25(30-19-22-12-6-3-7-13-22)27(32-21-24-16-10-5-11-17-24)26(18-28-29)31-20-23-14-8-4-9-15-23/h2-17,25-29H,1,18-21H2/t25-,26+,27+/m1/s1. The third kappa shape index (κ3) is 7.71. The SMILES string of the molecule is C=C[C@@H](OCc1ccccc1)[C@H](OCc1ccccc1)[C@H](CNO)OCc1ccccc1. The molecule has 0 unspecified atom stereocenters. The molecule has 5 nitrogen and oxygen atoms in total. The van der Waals surface area contributed by atoms with Gasteiger partial charge >= 0.3 is 0 Å². The van der Waals surface area contributed by atoms with Crippen molar-refractivity contribution < 1.29 is 19.4 Å². The first-order valence-corrected chi connectivity index (χ1v) is 10.8. The molecule has 0 fully saturated rings. The fourth-order valence-electron chi connectivity index (χ4n) is 3.38. The smallest absolute Gasteiger partial charge is 0.115 e. The molecule has 0 radical (unpaired) electrons. The summed E-state index contributed by atoms with van der Waals surface area (Å²) in [7, 11) is 0. The van der Waals surface area contributed by atoms with Crippen molar-refractivity contribution >= 4 is 0 Å². The fourth-order valence-corrected chi connectivity index (χ4v) is 3.38. The normalized spacial score (nSPS) is 13.9. The van der Waals surface area contributed by atoms with Gasteiger partial charge in [0, 0.05) is 6.54 Å². The molecule has 3 aromatic rings. The number of nitrogens with one attached hydrogen (secondary N) is 1. The summed E-state index contributed by atoms with van der Waals surface area (Å²) in [5, 5.41) is 9.48. The molecule has 0 bridgehead atoms. The zero-order chi connectivity index (χ0) is 22.4. The van der Waals surface area contributed by atoms with Crippen LogP contribution in [0.5, 0.6) is 0 Å². The highest BCUT2D eigenvalue weighted by Gasteiger charge is 2.31. The van der Waals surface area contributed by atoms with Gasteiger partial charge in [-0.1, -0.05) is 97.1 Å². The van der Waals surface area contributed by atoms with Crippen molar-refractivity contribution in [3.63, 3.8) is 0 Å². The molecule has 2 N–H and O–H groups in total. The van der Waals surface area contributed by atoms with Crippen LogP contribution in [-0.2, 0) is 34.0 Å². The molecule has 3 aromatic carbocycles. The van der Waals surface area contributed by atoms with E-state index in [2.05, 4.69) is 12.1 Å². The van der Waals surface area contributed by atoms with Crippen molar-refractivity contribution in [1.29, 1.82) is 0 Å². The molecule has 0 aromatic heterocycles. The van der Waals surface area contributed by atoms with E-state index in [1.54, 1.807) is 6.08 Å². The minimum absolute atomic E-state index is 0.186. The third-order valence-electron chi connectivity index (χ3n) is 5.09. The summed E-state index contributed by atoms with van der Waals surface area (Å²) in [5.41, 5.74) is 5.38. The number of rotatable bonds is 14. The van der Waals surface area contributed by atoms with Crippen LogP contribution in [-0.4, -0.2) is 30.1 Å². The maximum Gasteiger partial charge on any atom is 0.115 e. The van der Waals surface area contributed by atoms with Gasteiger partial charge < -0.3 is 19.4 Å². The van der Waals surface area contributed by atoms with Crippen molar-refractivity contribution in [3.05, 3.63) is 120 Å². The first kappa shape index (κ1) is 23.9. The van der Waals surface area contributed by atoms with E-state index in [1.165, 1.54) is 0 Å². The topological polar surface area (TPSA) is 60.0 Å². The van der Waals surface area contributed by atoms with Crippen LogP contribution < -0.4 is 5.48 Å². The lowest BCUT2D eigenvalue weighted by atomic mass is 10.1. The average Bonchev–Trinajstić information content (AvgIpc) is 2.86. The molecule has 0 heterocycles. The van der Waals surface area contributed by atoms with Gasteiger partial charge in [-0.3, -0.25) is 0 Å². The molecule has 0 saturated carbocycles. The van der Waals surface area contributed by atoms with Gasteiger partial charge in [0.05, 0.1) is 19.8 Å². The van der Waals surface area contributed by atoms with Gasteiger partial charge in [-0.15, -0.1) is 6.58 Å². The van der Waals surface area contributed by atoms with Crippen LogP contribution in [0.15, 0.2) is 104 Å². The summed E-state index contributed by atoms with van der Waals surface area (Å²) in [4.78, 5) is 0.